The molecule has 0 amide bonds. The van der Waals surface area contributed by atoms with E-state index in [9.17, 15) is 5.11 Å². The summed E-state index contributed by atoms with van der Waals surface area (Å²) in [7, 11) is 0. The zero-order valence-electron chi connectivity index (χ0n) is 12.6. The highest BCUT2D eigenvalue weighted by Crippen LogP contribution is 2.50. The highest BCUT2D eigenvalue weighted by Gasteiger charge is 2.47. The lowest BCUT2D eigenvalue weighted by molar-refractivity contribution is 0.00144. The molecule has 1 aromatic heterocycles. The summed E-state index contributed by atoms with van der Waals surface area (Å²) in [4.78, 5) is 4.01. The van der Waals surface area contributed by atoms with E-state index in [0.29, 0.717) is 16.0 Å². The van der Waals surface area contributed by atoms with Gasteiger partial charge < -0.3 is 5.11 Å². The van der Waals surface area contributed by atoms with Gasteiger partial charge in [-0.15, -0.1) is 0 Å². The topological polar surface area (TPSA) is 50.9 Å². The van der Waals surface area contributed by atoms with Gasteiger partial charge >= 0.3 is 0 Å². The van der Waals surface area contributed by atoms with Crippen LogP contribution in [-0.2, 0) is 0 Å². The highest BCUT2D eigenvalue weighted by atomic mass is 35.5. The lowest BCUT2D eigenvalue weighted by Gasteiger charge is -2.36. The normalized spacial score (nSPS) is 18.2. The van der Waals surface area contributed by atoms with Crippen LogP contribution in [-0.4, -0.2) is 26.0 Å². The zero-order chi connectivity index (χ0) is 15.9. The van der Waals surface area contributed by atoms with Crippen molar-refractivity contribution in [2.24, 2.45) is 11.3 Å². The first-order valence-corrected chi connectivity index (χ1v) is 8.14. The van der Waals surface area contributed by atoms with E-state index in [2.05, 4.69) is 23.9 Å². The van der Waals surface area contributed by atoms with Crippen molar-refractivity contribution in [3.63, 3.8) is 0 Å². The summed E-state index contributed by atoms with van der Waals surface area (Å²) >= 11 is 12.4. The maximum absolute atomic E-state index is 11.1. The molecule has 2 unspecified atom stereocenters. The number of hydrogen-bond acceptors (Lipinski definition) is 3. The second-order valence-electron chi connectivity index (χ2n) is 6.53. The van der Waals surface area contributed by atoms with E-state index in [1.54, 1.807) is 23.1 Å². The summed E-state index contributed by atoms with van der Waals surface area (Å²) < 4.78 is 1.67. The van der Waals surface area contributed by atoms with Gasteiger partial charge in [0.05, 0.1) is 6.10 Å². The molecule has 22 heavy (non-hydrogen) atoms. The Morgan fingerprint density at radius 2 is 2.05 bits per heavy atom. The second kappa shape index (κ2) is 5.84. The van der Waals surface area contributed by atoms with Crippen LogP contribution in [0.15, 0.2) is 30.9 Å². The van der Waals surface area contributed by atoms with E-state index in [0.717, 1.165) is 18.4 Å². The predicted molar refractivity (Wildman–Crippen MR) is 87.1 cm³/mol. The molecule has 6 heteroatoms. The number of benzene rings is 1. The minimum Gasteiger partial charge on any atom is -0.390 e. The fourth-order valence-corrected chi connectivity index (χ4v) is 3.56. The molecule has 118 valence electrons. The molecular formula is C16H19Cl2N3O. The minimum atomic E-state index is -0.625. The second-order valence-corrected chi connectivity index (χ2v) is 7.37. The van der Waals surface area contributed by atoms with Crippen LogP contribution in [0.25, 0.3) is 0 Å². The molecule has 1 fully saturated rings. The standard InChI is InChI=1S/C16H19Cl2N3O/c1-16(2,10-3-4-10)15(22)14(21-9-19-8-20-21)12-6-5-11(17)7-13(12)18/h5-10,14-15,22H,3-4H2,1-2H3. The van der Waals surface area contributed by atoms with Crippen molar-refractivity contribution >= 4 is 23.2 Å². The van der Waals surface area contributed by atoms with E-state index in [1.807, 2.05) is 6.07 Å². The molecule has 1 aromatic carbocycles. The third-order valence-corrected chi connectivity index (χ3v) is 5.26. The summed E-state index contributed by atoms with van der Waals surface area (Å²) in [6.45, 7) is 4.20. The molecule has 1 saturated carbocycles. The van der Waals surface area contributed by atoms with Crippen molar-refractivity contribution in [3.8, 4) is 0 Å². The first kappa shape index (κ1) is 15.8. The Balaban J connectivity index is 2.04. The lowest BCUT2D eigenvalue weighted by Crippen LogP contribution is -2.39. The zero-order valence-corrected chi connectivity index (χ0v) is 14.1. The smallest absolute Gasteiger partial charge is 0.137 e. The van der Waals surface area contributed by atoms with Crippen molar-refractivity contribution in [1.29, 1.82) is 0 Å². The van der Waals surface area contributed by atoms with E-state index < -0.39 is 6.10 Å². The number of rotatable bonds is 5. The van der Waals surface area contributed by atoms with Crippen molar-refractivity contribution in [1.82, 2.24) is 14.8 Å². The fraction of sp³-hybridized carbons (Fsp3) is 0.500. The van der Waals surface area contributed by atoms with Crippen LogP contribution < -0.4 is 0 Å². The average molecular weight is 340 g/mol. The minimum absolute atomic E-state index is 0.223. The largest absolute Gasteiger partial charge is 0.390 e. The molecule has 3 rings (SSSR count). The number of aromatic nitrogens is 3. The Kier molecular flexibility index (Phi) is 4.19. The van der Waals surface area contributed by atoms with Gasteiger partial charge in [-0.3, -0.25) is 0 Å². The van der Waals surface area contributed by atoms with E-state index >= 15 is 0 Å². The number of halogens is 2. The lowest BCUT2D eigenvalue weighted by atomic mass is 9.76. The van der Waals surface area contributed by atoms with Crippen molar-refractivity contribution in [2.45, 2.75) is 38.8 Å². The molecule has 2 atom stereocenters. The van der Waals surface area contributed by atoms with Crippen LogP contribution in [0.5, 0.6) is 0 Å². The van der Waals surface area contributed by atoms with Gasteiger partial charge in [0.25, 0.3) is 0 Å². The SMILES string of the molecule is CC(C)(C1CC1)C(O)C(c1ccc(Cl)cc1Cl)n1cncn1. The van der Waals surface area contributed by atoms with Gasteiger partial charge in [-0.1, -0.05) is 43.1 Å². The molecule has 1 heterocycles. The number of aliphatic hydroxyl groups is 1. The van der Waals surface area contributed by atoms with Gasteiger partial charge in [-0.25, -0.2) is 9.67 Å². The van der Waals surface area contributed by atoms with Gasteiger partial charge in [-0.2, -0.15) is 5.10 Å². The molecule has 1 aliphatic rings. The van der Waals surface area contributed by atoms with Crippen LogP contribution in [0.3, 0.4) is 0 Å². The van der Waals surface area contributed by atoms with Crippen LogP contribution >= 0.6 is 23.2 Å². The van der Waals surface area contributed by atoms with Gasteiger partial charge in [0.15, 0.2) is 0 Å². The molecular weight excluding hydrogens is 321 g/mol. The van der Waals surface area contributed by atoms with Gasteiger partial charge in [0.2, 0.25) is 0 Å². The number of nitrogens with zero attached hydrogens (tertiary/aromatic N) is 3. The third-order valence-electron chi connectivity index (χ3n) is 4.69. The third kappa shape index (κ3) is 2.87. The first-order valence-electron chi connectivity index (χ1n) is 7.38. The Bertz CT molecular complexity index is 653. The quantitative estimate of drug-likeness (QED) is 0.896. The summed E-state index contributed by atoms with van der Waals surface area (Å²) in [6, 6.07) is 4.94. The van der Waals surface area contributed by atoms with Crippen molar-refractivity contribution in [3.05, 3.63) is 46.5 Å². The average Bonchev–Trinajstić information content (AvgIpc) is 3.20. The molecule has 0 radical (unpaired) electrons. The highest BCUT2D eigenvalue weighted by molar-refractivity contribution is 6.35. The summed E-state index contributed by atoms with van der Waals surface area (Å²) in [6.07, 6.45) is 4.76. The molecule has 0 saturated heterocycles. The maximum atomic E-state index is 11.1. The van der Waals surface area contributed by atoms with E-state index in [4.69, 9.17) is 23.2 Å². The predicted octanol–water partition coefficient (Wildman–Crippen LogP) is 3.97. The van der Waals surface area contributed by atoms with Crippen molar-refractivity contribution < 1.29 is 5.11 Å². The Labute approximate surface area is 140 Å². The Morgan fingerprint density at radius 1 is 1.32 bits per heavy atom. The fourth-order valence-electron chi connectivity index (χ4n) is 3.04. The van der Waals surface area contributed by atoms with Crippen LogP contribution in [0.4, 0.5) is 0 Å². The van der Waals surface area contributed by atoms with Crippen LogP contribution in [0.2, 0.25) is 10.0 Å². The van der Waals surface area contributed by atoms with Gasteiger partial charge in [0, 0.05) is 10.0 Å². The van der Waals surface area contributed by atoms with Crippen molar-refractivity contribution in [2.75, 3.05) is 0 Å². The monoisotopic (exact) mass is 339 g/mol. The molecule has 1 aliphatic carbocycles. The van der Waals surface area contributed by atoms with Gasteiger partial charge in [-0.05, 0) is 41.9 Å². The Morgan fingerprint density at radius 3 is 2.59 bits per heavy atom. The summed E-state index contributed by atoms with van der Waals surface area (Å²) in [5.41, 5.74) is 0.581. The number of aliphatic hydroxyl groups excluding tert-OH is 1. The van der Waals surface area contributed by atoms with Crippen LogP contribution in [0.1, 0.15) is 38.3 Å². The van der Waals surface area contributed by atoms with Crippen LogP contribution in [0, 0.1) is 11.3 Å². The molecule has 2 aromatic rings. The maximum Gasteiger partial charge on any atom is 0.137 e. The molecule has 4 nitrogen and oxygen atoms in total. The van der Waals surface area contributed by atoms with E-state index in [-0.39, 0.29) is 11.5 Å². The molecule has 0 spiro atoms. The summed E-state index contributed by atoms with van der Waals surface area (Å²) in [5, 5.41) is 16.4. The Hall–Kier alpha value is -1.10. The molecule has 0 aliphatic heterocycles. The first-order chi connectivity index (χ1) is 10.4. The number of hydrogen-bond donors (Lipinski definition) is 1. The van der Waals surface area contributed by atoms with Gasteiger partial charge in [0.1, 0.15) is 18.7 Å². The molecule has 1 N–H and O–H groups in total. The van der Waals surface area contributed by atoms with E-state index in [1.165, 1.54) is 6.33 Å². The summed E-state index contributed by atoms with van der Waals surface area (Å²) in [5.74, 6) is 0.527. The molecule has 0 bridgehead atoms.